The summed E-state index contributed by atoms with van der Waals surface area (Å²) < 4.78 is 18.5. The zero-order valence-electron chi connectivity index (χ0n) is 16.0. The minimum atomic E-state index is -0.276. The van der Waals surface area contributed by atoms with Gasteiger partial charge in [-0.3, -0.25) is 9.59 Å². The molecule has 1 fully saturated rings. The molecule has 5 nitrogen and oxygen atoms in total. The first-order valence-corrected chi connectivity index (χ1v) is 9.52. The second kappa shape index (κ2) is 9.35. The van der Waals surface area contributed by atoms with Crippen LogP contribution in [0, 0.1) is 11.7 Å². The van der Waals surface area contributed by atoms with E-state index in [2.05, 4.69) is 5.32 Å². The number of carbonyl (C=O) groups is 2. The lowest BCUT2D eigenvalue weighted by atomic mass is 10.1. The van der Waals surface area contributed by atoms with Gasteiger partial charge in [0.05, 0.1) is 13.0 Å². The molecule has 2 aromatic rings. The van der Waals surface area contributed by atoms with E-state index in [0.29, 0.717) is 24.7 Å². The number of halogens is 1. The molecule has 0 radical (unpaired) electrons. The predicted molar refractivity (Wildman–Crippen MR) is 106 cm³/mol. The molecule has 148 valence electrons. The normalized spacial score (nSPS) is 16.1. The van der Waals surface area contributed by atoms with E-state index in [1.54, 1.807) is 12.1 Å². The molecule has 0 aliphatic carbocycles. The van der Waals surface area contributed by atoms with Gasteiger partial charge in [0.2, 0.25) is 11.8 Å². The third-order valence-electron chi connectivity index (χ3n) is 4.88. The summed E-state index contributed by atoms with van der Waals surface area (Å²) in [4.78, 5) is 25.5. The van der Waals surface area contributed by atoms with Crippen molar-refractivity contribution in [3.63, 3.8) is 0 Å². The highest BCUT2D eigenvalue weighted by molar-refractivity contribution is 5.88. The molecule has 3 rings (SSSR count). The number of ether oxygens (including phenoxy) is 1. The van der Waals surface area contributed by atoms with E-state index in [0.717, 1.165) is 37.2 Å². The van der Waals surface area contributed by atoms with Crippen LogP contribution in [-0.2, 0) is 16.0 Å². The number of nitrogens with zero attached hydrogens (tertiary/aromatic N) is 1. The molecule has 1 atom stereocenters. The molecule has 0 aromatic heterocycles. The lowest BCUT2D eigenvalue weighted by molar-refractivity contribution is -0.129. The number of nitrogens with one attached hydrogen (secondary N) is 1. The van der Waals surface area contributed by atoms with Crippen LogP contribution in [0.4, 0.5) is 10.1 Å². The molecule has 28 heavy (non-hydrogen) atoms. The van der Waals surface area contributed by atoms with Gasteiger partial charge < -0.3 is 15.0 Å². The maximum absolute atomic E-state index is 12.9. The van der Waals surface area contributed by atoms with Crippen LogP contribution < -0.4 is 10.1 Å². The van der Waals surface area contributed by atoms with Gasteiger partial charge in [0.15, 0.2) is 0 Å². The number of hydrogen-bond acceptors (Lipinski definition) is 3. The Kier molecular flexibility index (Phi) is 6.63. The molecule has 0 spiro atoms. The van der Waals surface area contributed by atoms with E-state index in [1.165, 1.54) is 19.1 Å². The molecular formula is C22H25FN2O3. The minimum absolute atomic E-state index is 0.115. The van der Waals surface area contributed by atoms with Crippen molar-refractivity contribution in [3.05, 3.63) is 59.9 Å². The van der Waals surface area contributed by atoms with Gasteiger partial charge in [-0.05, 0) is 60.7 Å². The lowest BCUT2D eigenvalue weighted by Gasteiger charge is -2.17. The van der Waals surface area contributed by atoms with Crippen molar-refractivity contribution in [1.29, 1.82) is 0 Å². The molecule has 1 aliphatic rings. The monoisotopic (exact) mass is 384 g/mol. The van der Waals surface area contributed by atoms with Gasteiger partial charge >= 0.3 is 0 Å². The molecule has 0 saturated carbocycles. The highest BCUT2D eigenvalue weighted by Gasteiger charge is 2.26. The summed E-state index contributed by atoms with van der Waals surface area (Å²) in [5, 5.41) is 2.72. The Hall–Kier alpha value is -2.89. The van der Waals surface area contributed by atoms with E-state index in [-0.39, 0.29) is 17.6 Å². The average Bonchev–Trinajstić information content (AvgIpc) is 3.14. The molecule has 1 N–H and O–H groups in total. The van der Waals surface area contributed by atoms with Crippen LogP contribution in [0.2, 0.25) is 0 Å². The number of hydrogen-bond donors (Lipinski definition) is 1. The van der Waals surface area contributed by atoms with Crippen LogP contribution in [0.3, 0.4) is 0 Å². The van der Waals surface area contributed by atoms with Crippen LogP contribution in [-0.4, -0.2) is 36.4 Å². The molecule has 2 amide bonds. The Labute approximate surface area is 164 Å². The largest absolute Gasteiger partial charge is 0.494 e. The Morgan fingerprint density at radius 3 is 2.54 bits per heavy atom. The Balaban J connectivity index is 1.41. The van der Waals surface area contributed by atoms with Gasteiger partial charge in [0, 0.05) is 25.7 Å². The summed E-state index contributed by atoms with van der Waals surface area (Å²) in [6, 6.07) is 13.4. The van der Waals surface area contributed by atoms with Crippen molar-refractivity contribution in [1.82, 2.24) is 4.90 Å². The highest BCUT2D eigenvalue weighted by Crippen LogP contribution is 2.22. The van der Waals surface area contributed by atoms with Crippen molar-refractivity contribution >= 4 is 17.5 Å². The summed E-state index contributed by atoms with van der Waals surface area (Å²) >= 11 is 0. The Morgan fingerprint density at radius 1 is 1.14 bits per heavy atom. The van der Waals surface area contributed by atoms with Crippen molar-refractivity contribution in [2.24, 2.45) is 5.92 Å². The van der Waals surface area contributed by atoms with Gasteiger partial charge in [-0.1, -0.05) is 12.1 Å². The van der Waals surface area contributed by atoms with Gasteiger partial charge in [0.1, 0.15) is 11.6 Å². The maximum atomic E-state index is 12.9. The first kappa shape index (κ1) is 19.9. The standard InChI is InChI=1S/C22H25FN2O3/c1-16(26)24-20-6-2-17(3-7-20)14-22(27)25-12-10-18(15-25)11-13-28-21-8-4-19(23)5-9-21/h2-9,18H,10-15H2,1H3,(H,24,26). The lowest BCUT2D eigenvalue weighted by Crippen LogP contribution is -2.30. The van der Waals surface area contributed by atoms with E-state index >= 15 is 0 Å². The second-order valence-corrected chi connectivity index (χ2v) is 7.14. The van der Waals surface area contributed by atoms with E-state index < -0.39 is 0 Å². The number of benzene rings is 2. The van der Waals surface area contributed by atoms with Crippen molar-refractivity contribution in [2.45, 2.75) is 26.2 Å². The number of rotatable bonds is 7. The SMILES string of the molecule is CC(=O)Nc1ccc(CC(=O)N2CCC(CCOc3ccc(F)cc3)C2)cc1. The molecule has 6 heteroatoms. The van der Waals surface area contributed by atoms with E-state index in [1.807, 2.05) is 29.2 Å². The molecular weight excluding hydrogens is 359 g/mol. The van der Waals surface area contributed by atoms with Crippen LogP contribution in [0.15, 0.2) is 48.5 Å². The minimum Gasteiger partial charge on any atom is -0.494 e. The summed E-state index contributed by atoms with van der Waals surface area (Å²) in [7, 11) is 0. The van der Waals surface area contributed by atoms with E-state index in [4.69, 9.17) is 4.74 Å². The third kappa shape index (κ3) is 5.81. The molecule has 1 heterocycles. The fraction of sp³-hybridized carbons (Fsp3) is 0.364. The molecule has 1 unspecified atom stereocenters. The zero-order chi connectivity index (χ0) is 19.9. The predicted octanol–water partition coefficient (Wildman–Crippen LogP) is 3.64. The van der Waals surface area contributed by atoms with Crippen molar-refractivity contribution in [3.8, 4) is 5.75 Å². The Morgan fingerprint density at radius 2 is 1.86 bits per heavy atom. The number of carbonyl (C=O) groups excluding carboxylic acids is 2. The van der Waals surface area contributed by atoms with Gasteiger partial charge in [0.25, 0.3) is 0 Å². The van der Waals surface area contributed by atoms with Crippen molar-refractivity contribution in [2.75, 3.05) is 25.0 Å². The number of anilines is 1. The quantitative estimate of drug-likeness (QED) is 0.793. The summed E-state index contributed by atoms with van der Waals surface area (Å²) in [6.07, 6.45) is 2.20. The van der Waals surface area contributed by atoms with Crippen LogP contribution in [0.5, 0.6) is 5.75 Å². The summed E-state index contributed by atoms with van der Waals surface area (Å²) in [6.45, 7) is 3.54. The molecule has 1 saturated heterocycles. The number of amides is 2. The fourth-order valence-electron chi connectivity index (χ4n) is 3.36. The van der Waals surface area contributed by atoms with Gasteiger partial charge in [-0.2, -0.15) is 0 Å². The zero-order valence-corrected chi connectivity index (χ0v) is 16.0. The Bertz CT molecular complexity index is 806. The highest BCUT2D eigenvalue weighted by atomic mass is 19.1. The summed E-state index contributed by atoms with van der Waals surface area (Å²) in [5.41, 5.74) is 1.66. The van der Waals surface area contributed by atoms with Gasteiger partial charge in [-0.25, -0.2) is 4.39 Å². The maximum Gasteiger partial charge on any atom is 0.226 e. The first-order chi connectivity index (χ1) is 13.5. The molecule has 2 aromatic carbocycles. The molecule has 0 bridgehead atoms. The van der Waals surface area contributed by atoms with Crippen LogP contribution in [0.1, 0.15) is 25.3 Å². The first-order valence-electron chi connectivity index (χ1n) is 9.52. The van der Waals surface area contributed by atoms with Gasteiger partial charge in [-0.15, -0.1) is 0 Å². The summed E-state index contributed by atoms with van der Waals surface area (Å²) in [5.74, 6) is 0.813. The van der Waals surface area contributed by atoms with Crippen LogP contribution >= 0.6 is 0 Å². The fourth-order valence-corrected chi connectivity index (χ4v) is 3.36. The second-order valence-electron chi connectivity index (χ2n) is 7.14. The van der Waals surface area contributed by atoms with Crippen molar-refractivity contribution < 1.29 is 18.7 Å². The topological polar surface area (TPSA) is 58.6 Å². The third-order valence-corrected chi connectivity index (χ3v) is 4.88. The van der Waals surface area contributed by atoms with E-state index in [9.17, 15) is 14.0 Å². The number of likely N-dealkylation sites (tertiary alicyclic amines) is 1. The smallest absolute Gasteiger partial charge is 0.226 e. The average molecular weight is 384 g/mol. The molecule has 1 aliphatic heterocycles. The van der Waals surface area contributed by atoms with Crippen LogP contribution in [0.25, 0.3) is 0 Å².